The molecule has 2 rings (SSSR count). The molecule has 0 saturated carbocycles. The molecule has 0 radical (unpaired) electrons. The van der Waals surface area contributed by atoms with Crippen LogP contribution in [0.4, 0.5) is 0 Å². The van der Waals surface area contributed by atoms with Gasteiger partial charge in [0.1, 0.15) is 12.4 Å². The van der Waals surface area contributed by atoms with E-state index in [-0.39, 0.29) is 0 Å². The van der Waals surface area contributed by atoms with Crippen molar-refractivity contribution < 1.29 is 14.6 Å². The number of likely N-dealkylation sites (tertiary alicyclic amines) is 1. The van der Waals surface area contributed by atoms with Crippen LogP contribution in [0.25, 0.3) is 0 Å². The van der Waals surface area contributed by atoms with Crippen molar-refractivity contribution in [3.8, 4) is 5.75 Å². The number of ether oxygens (including phenoxy) is 1. The van der Waals surface area contributed by atoms with E-state index >= 15 is 0 Å². The minimum atomic E-state index is -0.674. The van der Waals surface area contributed by atoms with E-state index in [1.165, 1.54) is 11.1 Å². The Morgan fingerprint density at radius 3 is 2.43 bits per heavy atom. The fourth-order valence-electron chi connectivity index (χ4n) is 2.97. The van der Waals surface area contributed by atoms with Gasteiger partial charge in [-0.15, -0.1) is 0 Å². The normalized spacial score (nSPS) is 16.9. The van der Waals surface area contributed by atoms with E-state index in [0.717, 1.165) is 38.2 Å². The minimum absolute atomic E-state index is 0.312. The average molecular weight is 291 g/mol. The second-order valence-corrected chi connectivity index (χ2v) is 6.05. The van der Waals surface area contributed by atoms with Gasteiger partial charge in [0.2, 0.25) is 0 Å². The van der Waals surface area contributed by atoms with Crippen molar-refractivity contribution in [2.45, 2.75) is 33.1 Å². The lowest BCUT2D eigenvalue weighted by Crippen LogP contribution is -2.37. The van der Waals surface area contributed by atoms with Crippen LogP contribution in [0.1, 0.15) is 30.4 Å². The highest BCUT2D eigenvalue weighted by atomic mass is 16.5. The maximum Gasteiger partial charge on any atom is 0.303 e. The number of hydrogen-bond donors (Lipinski definition) is 1. The molecule has 0 unspecified atom stereocenters. The SMILES string of the molecule is Cc1cc(C)cc(OCCN2CCC(CC(=O)O)CC2)c1. The van der Waals surface area contributed by atoms with Crippen molar-refractivity contribution >= 4 is 5.97 Å². The molecule has 1 fully saturated rings. The van der Waals surface area contributed by atoms with Crippen molar-refractivity contribution in [2.75, 3.05) is 26.2 Å². The number of rotatable bonds is 6. The van der Waals surface area contributed by atoms with Gasteiger partial charge in [-0.3, -0.25) is 9.69 Å². The first kappa shape index (κ1) is 15.8. The molecule has 21 heavy (non-hydrogen) atoms. The first-order valence-corrected chi connectivity index (χ1v) is 7.68. The van der Waals surface area contributed by atoms with Gasteiger partial charge in [0, 0.05) is 13.0 Å². The Labute approximate surface area is 126 Å². The van der Waals surface area contributed by atoms with Crippen LogP contribution in [-0.2, 0) is 4.79 Å². The Morgan fingerprint density at radius 2 is 1.86 bits per heavy atom. The number of nitrogens with zero attached hydrogens (tertiary/aromatic N) is 1. The van der Waals surface area contributed by atoms with Gasteiger partial charge in [-0.2, -0.15) is 0 Å². The largest absolute Gasteiger partial charge is 0.492 e. The third-order valence-corrected chi connectivity index (χ3v) is 4.04. The molecule has 0 aromatic heterocycles. The highest BCUT2D eigenvalue weighted by Crippen LogP contribution is 2.20. The van der Waals surface area contributed by atoms with Gasteiger partial charge in [0.25, 0.3) is 0 Å². The molecule has 1 heterocycles. The molecule has 1 aliphatic rings. The fraction of sp³-hybridized carbons (Fsp3) is 0.588. The summed E-state index contributed by atoms with van der Waals surface area (Å²) in [5.74, 6) is 0.610. The van der Waals surface area contributed by atoms with E-state index in [1.54, 1.807) is 0 Å². The molecule has 1 N–H and O–H groups in total. The Kier molecular flexibility index (Phi) is 5.62. The van der Waals surface area contributed by atoms with Crippen molar-refractivity contribution in [3.05, 3.63) is 29.3 Å². The van der Waals surface area contributed by atoms with Crippen molar-refractivity contribution in [1.82, 2.24) is 4.90 Å². The molecule has 1 aromatic rings. The highest BCUT2D eigenvalue weighted by molar-refractivity contribution is 5.67. The van der Waals surface area contributed by atoms with Crippen molar-refractivity contribution in [3.63, 3.8) is 0 Å². The number of carboxylic acid groups (broad SMARTS) is 1. The second kappa shape index (κ2) is 7.46. The third kappa shape index (κ3) is 5.38. The van der Waals surface area contributed by atoms with Crippen LogP contribution in [0, 0.1) is 19.8 Å². The standard InChI is InChI=1S/C17H25NO3/c1-13-9-14(2)11-16(10-13)21-8-7-18-5-3-15(4-6-18)12-17(19)20/h9-11,15H,3-8,12H2,1-2H3,(H,19,20). The first-order chi connectivity index (χ1) is 10.0. The monoisotopic (exact) mass is 291 g/mol. The van der Waals surface area contributed by atoms with Crippen molar-refractivity contribution in [1.29, 1.82) is 0 Å². The van der Waals surface area contributed by atoms with E-state index < -0.39 is 5.97 Å². The molecule has 0 amide bonds. The van der Waals surface area contributed by atoms with Crippen LogP contribution in [0.5, 0.6) is 5.75 Å². The van der Waals surface area contributed by atoms with Crippen LogP contribution in [0.2, 0.25) is 0 Å². The van der Waals surface area contributed by atoms with Crippen molar-refractivity contribution in [2.24, 2.45) is 5.92 Å². The number of carboxylic acids is 1. The molecular formula is C17H25NO3. The Hall–Kier alpha value is -1.55. The third-order valence-electron chi connectivity index (χ3n) is 4.04. The summed E-state index contributed by atoms with van der Waals surface area (Å²) in [7, 11) is 0. The molecule has 0 spiro atoms. The van der Waals surface area contributed by atoms with Gasteiger partial charge in [-0.05, 0) is 69.0 Å². The molecule has 4 heteroatoms. The molecule has 116 valence electrons. The topological polar surface area (TPSA) is 49.8 Å². The quantitative estimate of drug-likeness (QED) is 0.875. The number of piperidine rings is 1. The molecular weight excluding hydrogens is 266 g/mol. The molecule has 1 aliphatic heterocycles. The van der Waals surface area contributed by atoms with Gasteiger partial charge in [-0.1, -0.05) is 6.07 Å². The summed E-state index contributed by atoms with van der Waals surface area (Å²) in [4.78, 5) is 13.1. The molecule has 0 atom stereocenters. The maximum atomic E-state index is 10.7. The van der Waals surface area contributed by atoms with Gasteiger partial charge >= 0.3 is 5.97 Å². The highest BCUT2D eigenvalue weighted by Gasteiger charge is 2.20. The average Bonchev–Trinajstić information content (AvgIpc) is 2.39. The predicted molar refractivity (Wildman–Crippen MR) is 82.8 cm³/mol. The van der Waals surface area contributed by atoms with E-state index in [1.807, 2.05) is 0 Å². The van der Waals surface area contributed by atoms with Gasteiger partial charge in [0.05, 0.1) is 0 Å². The van der Waals surface area contributed by atoms with Crippen LogP contribution in [0.3, 0.4) is 0 Å². The summed E-state index contributed by atoms with van der Waals surface area (Å²) in [6.45, 7) is 7.71. The maximum absolute atomic E-state index is 10.7. The fourth-order valence-corrected chi connectivity index (χ4v) is 2.97. The lowest BCUT2D eigenvalue weighted by Gasteiger charge is -2.31. The number of aryl methyl sites for hydroxylation is 2. The van der Waals surface area contributed by atoms with E-state index in [4.69, 9.17) is 9.84 Å². The summed E-state index contributed by atoms with van der Waals surface area (Å²) < 4.78 is 5.83. The first-order valence-electron chi connectivity index (χ1n) is 7.68. The molecule has 4 nitrogen and oxygen atoms in total. The summed E-state index contributed by atoms with van der Waals surface area (Å²) in [6, 6.07) is 6.26. The molecule has 0 aliphatic carbocycles. The van der Waals surface area contributed by atoms with E-state index in [9.17, 15) is 4.79 Å². The molecule has 1 saturated heterocycles. The van der Waals surface area contributed by atoms with Crippen LogP contribution in [-0.4, -0.2) is 42.2 Å². The smallest absolute Gasteiger partial charge is 0.303 e. The zero-order valence-corrected chi connectivity index (χ0v) is 13.0. The Morgan fingerprint density at radius 1 is 1.24 bits per heavy atom. The van der Waals surface area contributed by atoms with Gasteiger partial charge in [0.15, 0.2) is 0 Å². The molecule has 0 bridgehead atoms. The van der Waals surface area contributed by atoms with Gasteiger partial charge in [-0.25, -0.2) is 0 Å². The van der Waals surface area contributed by atoms with Crippen LogP contribution in [0.15, 0.2) is 18.2 Å². The summed E-state index contributed by atoms with van der Waals surface area (Å²) in [5.41, 5.74) is 2.44. The number of aliphatic carboxylic acids is 1. The van der Waals surface area contributed by atoms with Crippen LogP contribution >= 0.6 is 0 Å². The Bertz CT molecular complexity index is 459. The number of hydrogen-bond acceptors (Lipinski definition) is 3. The van der Waals surface area contributed by atoms with Gasteiger partial charge < -0.3 is 9.84 Å². The second-order valence-electron chi connectivity index (χ2n) is 6.05. The summed E-state index contributed by atoms with van der Waals surface area (Å²) >= 11 is 0. The zero-order valence-electron chi connectivity index (χ0n) is 13.0. The number of benzene rings is 1. The van der Waals surface area contributed by atoms with Crippen LogP contribution < -0.4 is 4.74 Å². The zero-order chi connectivity index (χ0) is 15.2. The van der Waals surface area contributed by atoms with E-state index in [0.29, 0.717) is 18.9 Å². The molecule has 1 aromatic carbocycles. The number of carbonyl (C=O) groups is 1. The predicted octanol–water partition coefficient (Wildman–Crippen LogP) is 2.87. The summed E-state index contributed by atoms with van der Waals surface area (Å²) in [6.07, 6.45) is 2.28. The lowest BCUT2D eigenvalue weighted by molar-refractivity contribution is -0.138. The Balaban J connectivity index is 1.69. The summed E-state index contributed by atoms with van der Waals surface area (Å²) in [5, 5.41) is 8.81. The van der Waals surface area contributed by atoms with E-state index in [2.05, 4.69) is 36.9 Å². The minimum Gasteiger partial charge on any atom is -0.492 e. The lowest BCUT2D eigenvalue weighted by atomic mass is 9.94.